The molecule has 0 fully saturated rings. The first-order valence-corrected chi connectivity index (χ1v) is 7.06. The maximum absolute atomic E-state index is 10.1. The molecule has 3 nitrogen and oxygen atoms in total. The van der Waals surface area contributed by atoms with Gasteiger partial charge >= 0.3 is 0 Å². The maximum Gasteiger partial charge on any atom is 0.142 e. The summed E-state index contributed by atoms with van der Waals surface area (Å²) in [5.41, 5.74) is 5.02. The lowest BCUT2D eigenvalue weighted by molar-refractivity contribution is 0.0926. The van der Waals surface area contributed by atoms with E-state index in [1.54, 1.807) is 0 Å². The van der Waals surface area contributed by atoms with Crippen LogP contribution >= 0.6 is 0 Å². The Morgan fingerprint density at radius 2 is 2.20 bits per heavy atom. The summed E-state index contributed by atoms with van der Waals surface area (Å²) < 4.78 is 5.88. The van der Waals surface area contributed by atoms with Crippen LogP contribution in [0.4, 0.5) is 0 Å². The van der Waals surface area contributed by atoms with Gasteiger partial charge in [-0.3, -0.25) is 4.98 Å². The van der Waals surface area contributed by atoms with Crippen LogP contribution in [0.15, 0.2) is 41.6 Å². The minimum Gasteiger partial charge on any atom is -0.506 e. The zero-order chi connectivity index (χ0) is 14.1. The zero-order valence-electron chi connectivity index (χ0n) is 11.9. The fraction of sp³-hybridized carbons (Fsp3) is 0.353. The summed E-state index contributed by atoms with van der Waals surface area (Å²) in [4.78, 5) is 4.26. The number of allylic oxidation sites excluding steroid dienone is 4. The number of hydrogen-bond donors (Lipinski definition) is 1. The molecule has 0 radical (unpaired) electrons. The van der Waals surface area contributed by atoms with Crippen LogP contribution in [0.3, 0.4) is 0 Å². The van der Waals surface area contributed by atoms with E-state index in [9.17, 15) is 5.11 Å². The Hall–Kier alpha value is -1.87. The van der Waals surface area contributed by atoms with Crippen LogP contribution in [-0.2, 0) is 11.3 Å². The average Bonchev–Trinajstić information content (AvgIpc) is 2.74. The Morgan fingerprint density at radius 1 is 1.35 bits per heavy atom. The summed E-state index contributed by atoms with van der Waals surface area (Å²) in [6.45, 7) is 4.42. The monoisotopic (exact) mass is 269 g/mol. The van der Waals surface area contributed by atoms with Gasteiger partial charge in [0.15, 0.2) is 0 Å². The van der Waals surface area contributed by atoms with Gasteiger partial charge < -0.3 is 9.84 Å². The van der Waals surface area contributed by atoms with E-state index in [1.165, 1.54) is 5.57 Å². The van der Waals surface area contributed by atoms with E-state index in [2.05, 4.69) is 36.2 Å². The van der Waals surface area contributed by atoms with Crippen LogP contribution in [0.2, 0.25) is 0 Å². The number of aryl methyl sites for hydroxylation is 1. The molecule has 1 aliphatic carbocycles. The number of aromatic hydroxyl groups is 1. The Bertz CT molecular complexity index is 626. The van der Waals surface area contributed by atoms with Crippen molar-refractivity contribution in [2.75, 3.05) is 0 Å². The van der Waals surface area contributed by atoms with Crippen molar-refractivity contribution in [1.82, 2.24) is 4.98 Å². The van der Waals surface area contributed by atoms with E-state index in [-0.39, 0.29) is 11.9 Å². The second-order valence-corrected chi connectivity index (χ2v) is 5.22. The van der Waals surface area contributed by atoms with Crippen molar-refractivity contribution >= 4 is 0 Å². The first-order valence-electron chi connectivity index (χ1n) is 7.06. The summed E-state index contributed by atoms with van der Waals surface area (Å²) in [5.74, 6) is 0.274. The van der Waals surface area contributed by atoms with Gasteiger partial charge in [0.25, 0.3) is 0 Å². The summed E-state index contributed by atoms with van der Waals surface area (Å²) in [5, 5.41) is 10.1. The molecule has 2 aliphatic rings. The molecule has 1 unspecified atom stereocenters. The molecule has 1 aliphatic heterocycles. The van der Waals surface area contributed by atoms with Gasteiger partial charge in [0.1, 0.15) is 11.9 Å². The molecule has 1 aromatic heterocycles. The van der Waals surface area contributed by atoms with E-state index >= 15 is 0 Å². The van der Waals surface area contributed by atoms with Crippen LogP contribution in [0.1, 0.15) is 42.7 Å². The Kier molecular flexibility index (Phi) is 3.45. The molecule has 1 N–H and O–H groups in total. The highest BCUT2D eigenvalue weighted by Gasteiger charge is 2.29. The van der Waals surface area contributed by atoms with Gasteiger partial charge in [-0.05, 0) is 25.3 Å². The quantitative estimate of drug-likeness (QED) is 0.885. The molecule has 0 aromatic carbocycles. The van der Waals surface area contributed by atoms with Crippen LogP contribution < -0.4 is 0 Å². The zero-order valence-corrected chi connectivity index (χ0v) is 11.9. The molecule has 0 saturated heterocycles. The van der Waals surface area contributed by atoms with Crippen molar-refractivity contribution in [3.63, 3.8) is 0 Å². The third kappa shape index (κ3) is 2.18. The fourth-order valence-corrected chi connectivity index (χ4v) is 2.71. The van der Waals surface area contributed by atoms with E-state index in [0.29, 0.717) is 12.3 Å². The maximum atomic E-state index is 10.1. The summed E-state index contributed by atoms with van der Waals surface area (Å²) >= 11 is 0. The minimum absolute atomic E-state index is 0.107. The van der Waals surface area contributed by atoms with Crippen LogP contribution in [-0.4, -0.2) is 10.1 Å². The average molecular weight is 269 g/mol. The third-order valence-electron chi connectivity index (χ3n) is 3.99. The largest absolute Gasteiger partial charge is 0.506 e. The molecular formula is C17H19NO2. The standard InChI is InChI=1S/C17H19NO2/c1-3-12-5-4-6-13(8-7-12)17-14-9-18-11(2)16(19)15(14)10-20-17/h5-9,17,19H,3-4,10H2,1-2H3. The van der Waals surface area contributed by atoms with Crippen molar-refractivity contribution in [1.29, 1.82) is 0 Å². The predicted octanol–water partition coefficient (Wildman–Crippen LogP) is 3.89. The van der Waals surface area contributed by atoms with E-state index in [1.807, 2.05) is 13.1 Å². The molecule has 1 aromatic rings. The van der Waals surface area contributed by atoms with Crippen LogP contribution in [0, 0.1) is 6.92 Å². The van der Waals surface area contributed by atoms with Crippen molar-refractivity contribution in [2.45, 2.75) is 39.4 Å². The molecule has 0 amide bonds. The number of aromatic nitrogens is 1. The Morgan fingerprint density at radius 3 is 3.00 bits per heavy atom. The molecule has 1 atom stereocenters. The van der Waals surface area contributed by atoms with Crippen molar-refractivity contribution in [3.05, 3.63) is 58.5 Å². The summed E-state index contributed by atoms with van der Waals surface area (Å²) in [6.07, 6.45) is 12.4. The highest BCUT2D eigenvalue weighted by molar-refractivity contribution is 5.48. The van der Waals surface area contributed by atoms with Crippen LogP contribution in [0.5, 0.6) is 5.75 Å². The lowest BCUT2D eigenvalue weighted by Gasteiger charge is -2.12. The topological polar surface area (TPSA) is 42.4 Å². The van der Waals surface area contributed by atoms with Gasteiger partial charge in [-0.1, -0.05) is 36.8 Å². The van der Waals surface area contributed by atoms with Gasteiger partial charge in [-0.15, -0.1) is 0 Å². The highest BCUT2D eigenvalue weighted by atomic mass is 16.5. The van der Waals surface area contributed by atoms with Gasteiger partial charge in [0.05, 0.1) is 12.3 Å². The van der Waals surface area contributed by atoms with Gasteiger partial charge in [0.2, 0.25) is 0 Å². The minimum atomic E-state index is -0.107. The first-order chi connectivity index (χ1) is 9.70. The van der Waals surface area contributed by atoms with Crippen molar-refractivity contribution < 1.29 is 9.84 Å². The molecule has 0 bridgehead atoms. The SMILES string of the molecule is CCC1=CCC=C(C2OCc3c2cnc(C)c3O)C=C1. The fourth-order valence-electron chi connectivity index (χ4n) is 2.71. The van der Waals surface area contributed by atoms with E-state index in [4.69, 9.17) is 4.74 Å². The molecule has 20 heavy (non-hydrogen) atoms. The van der Waals surface area contributed by atoms with Crippen LogP contribution in [0.25, 0.3) is 0 Å². The lowest BCUT2D eigenvalue weighted by Crippen LogP contribution is -1.99. The number of nitrogens with zero attached hydrogens (tertiary/aromatic N) is 1. The third-order valence-corrected chi connectivity index (χ3v) is 3.99. The molecule has 3 rings (SSSR count). The number of rotatable bonds is 2. The van der Waals surface area contributed by atoms with E-state index in [0.717, 1.165) is 29.5 Å². The normalized spacial score (nSPS) is 21.2. The second-order valence-electron chi connectivity index (χ2n) is 5.22. The Labute approximate surface area is 119 Å². The molecule has 2 heterocycles. The molecule has 104 valence electrons. The van der Waals surface area contributed by atoms with Gasteiger partial charge in [-0.25, -0.2) is 0 Å². The predicted molar refractivity (Wildman–Crippen MR) is 78.4 cm³/mol. The number of fused-ring (bicyclic) bond motifs is 1. The summed E-state index contributed by atoms with van der Waals surface area (Å²) in [7, 11) is 0. The van der Waals surface area contributed by atoms with Gasteiger partial charge in [0, 0.05) is 17.3 Å². The Balaban J connectivity index is 1.93. The molecule has 0 saturated carbocycles. The van der Waals surface area contributed by atoms with Gasteiger partial charge in [-0.2, -0.15) is 0 Å². The smallest absolute Gasteiger partial charge is 0.142 e. The first kappa shape index (κ1) is 13.1. The number of hydrogen-bond acceptors (Lipinski definition) is 3. The highest BCUT2D eigenvalue weighted by Crippen LogP contribution is 2.41. The molecule has 0 spiro atoms. The number of ether oxygens (including phenoxy) is 1. The number of pyridine rings is 1. The van der Waals surface area contributed by atoms with Crippen molar-refractivity contribution in [3.8, 4) is 5.75 Å². The van der Waals surface area contributed by atoms with Crippen molar-refractivity contribution in [2.24, 2.45) is 0 Å². The lowest BCUT2D eigenvalue weighted by atomic mass is 9.99. The second kappa shape index (κ2) is 5.25. The molecule has 3 heteroatoms. The van der Waals surface area contributed by atoms with E-state index < -0.39 is 0 Å². The molecular weight excluding hydrogens is 250 g/mol. The summed E-state index contributed by atoms with van der Waals surface area (Å²) in [6, 6.07) is 0.